The summed E-state index contributed by atoms with van der Waals surface area (Å²) in [5, 5.41) is 12.4. The van der Waals surface area contributed by atoms with Crippen LogP contribution in [-0.2, 0) is 9.59 Å². The Balaban J connectivity index is 2.50. The Morgan fingerprint density at radius 1 is 1.63 bits per heavy atom. The Kier molecular flexibility index (Phi) is 3.68. The highest BCUT2D eigenvalue weighted by molar-refractivity contribution is 5.98. The molecule has 19 heavy (non-hydrogen) atoms. The number of fused-ring (bicyclic) bond motifs is 1. The van der Waals surface area contributed by atoms with Crippen molar-refractivity contribution in [3.8, 4) is 11.5 Å². The van der Waals surface area contributed by atoms with E-state index >= 15 is 0 Å². The molecular weight excluding hydrogens is 252 g/mol. The maximum absolute atomic E-state index is 11.4. The van der Waals surface area contributed by atoms with Gasteiger partial charge in [-0.25, -0.2) is 0 Å². The zero-order chi connectivity index (χ0) is 14.0. The molecule has 1 atom stereocenters. The molecule has 0 bridgehead atoms. The van der Waals surface area contributed by atoms with E-state index in [1.165, 1.54) is 13.0 Å². The second-order valence-corrected chi connectivity index (χ2v) is 4.04. The Bertz CT molecular complexity index is 529. The van der Waals surface area contributed by atoms with Gasteiger partial charge in [0.05, 0.1) is 6.10 Å². The molecule has 4 N–H and O–H groups in total. The third-order valence-electron chi connectivity index (χ3n) is 2.60. The van der Waals surface area contributed by atoms with Gasteiger partial charge in [-0.05, 0) is 12.1 Å². The standard InChI is InChI=1S/C12H14N2O5/c1-6(15)19-9-3-2-7(8(16)4-13)12-11(9)14-10(17)5-18-12/h2-3,8,16H,4-5,13H2,1H3,(H,14,17)/t8-/m1/s1. The molecule has 1 aromatic rings. The Morgan fingerprint density at radius 2 is 2.37 bits per heavy atom. The first kappa shape index (κ1) is 13.3. The predicted octanol–water partition coefficient (Wildman–Crippen LogP) is -0.0651. The van der Waals surface area contributed by atoms with E-state index in [-0.39, 0.29) is 36.2 Å². The topological polar surface area (TPSA) is 111 Å². The lowest BCUT2D eigenvalue weighted by molar-refractivity contribution is -0.132. The van der Waals surface area contributed by atoms with Crippen LogP contribution in [0.4, 0.5) is 5.69 Å². The fraction of sp³-hybridized carbons (Fsp3) is 0.333. The lowest BCUT2D eigenvalue weighted by Gasteiger charge is -2.24. The van der Waals surface area contributed by atoms with E-state index in [9.17, 15) is 14.7 Å². The number of carbonyl (C=O) groups excluding carboxylic acids is 2. The predicted molar refractivity (Wildman–Crippen MR) is 65.9 cm³/mol. The molecule has 2 rings (SSSR count). The monoisotopic (exact) mass is 266 g/mol. The van der Waals surface area contributed by atoms with Gasteiger partial charge in [0.1, 0.15) is 5.69 Å². The van der Waals surface area contributed by atoms with Crippen LogP contribution in [0.25, 0.3) is 0 Å². The van der Waals surface area contributed by atoms with Gasteiger partial charge >= 0.3 is 5.97 Å². The first-order chi connectivity index (χ1) is 9.02. The fourth-order valence-electron chi connectivity index (χ4n) is 1.80. The highest BCUT2D eigenvalue weighted by Gasteiger charge is 2.26. The second-order valence-electron chi connectivity index (χ2n) is 4.04. The third-order valence-corrected chi connectivity index (χ3v) is 2.60. The van der Waals surface area contributed by atoms with Crippen molar-refractivity contribution in [2.45, 2.75) is 13.0 Å². The number of aliphatic hydroxyl groups excluding tert-OH is 1. The molecule has 1 heterocycles. The summed E-state index contributed by atoms with van der Waals surface area (Å²) in [4.78, 5) is 22.4. The molecule has 0 radical (unpaired) electrons. The molecule has 0 spiro atoms. The number of esters is 1. The van der Waals surface area contributed by atoms with Gasteiger partial charge in [-0.1, -0.05) is 0 Å². The minimum atomic E-state index is -0.921. The number of benzene rings is 1. The van der Waals surface area contributed by atoms with E-state index in [4.69, 9.17) is 15.2 Å². The quantitative estimate of drug-likeness (QED) is 0.522. The summed E-state index contributed by atoms with van der Waals surface area (Å²) in [5.41, 5.74) is 6.08. The second kappa shape index (κ2) is 5.25. The highest BCUT2D eigenvalue weighted by Crippen LogP contribution is 2.42. The molecule has 0 saturated carbocycles. The molecule has 1 amide bonds. The van der Waals surface area contributed by atoms with Crippen molar-refractivity contribution in [2.24, 2.45) is 5.73 Å². The van der Waals surface area contributed by atoms with E-state index in [1.807, 2.05) is 0 Å². The normalized spacial score (nSPS) is 15.0. The molecule has 0 aromatic heterocycles. The van der Waals surface area contributed by atoms with Crippen LogP contribution in [-0.4, -0.2) is 30.1 Å². The summed E-state index contributed by atoms with van der Waals surface area (Å²) in [6.07, 6.45) is -0.921. The average Bonchev–Trinajstić information content (AvgIpc) is 2.38. The van der Waals surface area contributed by atoms with Gasteiger partial charge in [0.15, 0.2) is 18.1 Å². The van der Waals surface area contributed by atoms with Crippen LogP contribution in [0, 0.1) is 0 Å². The number of carbonyl (C=O) groups is 2. The smallest absolute Gasteiger partial charge is 0.308 e. The molecule has 0 fully saturated rings. The molecule has 7 heteroatoms. The minimum Gasteiger partial charge on any atom is -0.481 e. The lowest BCUT2D eigenvalue weighted by Crippen LogP contribution is -2.27. The molecule has 0 unspecified atom stereocenters. The van der Waals surface area contributed by atoms with Crippen LogP contribution in [0.5, 0.6) is 11.5 Å². The van der Waals surface area contributed by atoms with Crippen molar-refractivity contribution in [1.29, 1.82) is 0 Å². The maximum Gasteiger partial charge on any atom is 0.308 e. The van der Waals surface area contributed by atoms with Crippen LogP contribution in [0.1, 0.15) is 18.6 Å². The van der Waals surface area contributed by atoms with Gasteiger partial charge in [-0.3, -0.25) is 9.59 Å². The number of anilines is 1. The van der Waals surface area contributed by atoms with Gasteiger partial charge in [-0.2, -0.15) is 0 Å². The minimum absolute atomic E-state index is 0.0106. The van der Waals surface area contributed by atoms with E-state index in [2.05, 4.69) is 5.32 Å². The summed E-state index contributed by atoms with van der Waals surface area (Å²) in [6, 6.07) is 3.02. The summed E-state index contributed by atoms with van der Waals surface area (Å²) >= 11 is 0. The zero-order valence-corrected chi connectivity index (χ0v) is 10.3. The molecule has 102 valence electrons. The summed E-state index contributed by atoms with van der Waals surface area (Å²) in [7, 11) is 0. The van der Waals surface area contributed by atoms with Crippen molar-refractivity contribution in [2.75, 3.05) is 18.5 Å². The van der Waals surface area contributed by atoms with Crippen LogP contribution < -0.4 is 20.5 Å². The first-order valence-corrected chi connectivity index (χ1v) is 5.69. The van der Waals surface area contributed by atoms with Gasteiger partial charge in [0.25, 0.3) is 5.91 Å². The molecule has 7 nitrogen and oxygen atoms in total. The maximum atomic E-state index is 11.4. The largest absolute Gasteiger partial charge is 0.481 e. The van der Waals surface area contributed by atoms with Gasteiger partial charge in [0, 0.05) is 19.0 Å². The van der Waals surface area contributed by atoms with E-state index in [0.29, 0.717) is 5.56 Å². The van der Waals surface area contributed by atoms with E-state index in [1.54, 1.807) is 6.07 Å². The number of ether oxygens (including phenoxy) is 2. The molecule has 0 saturated heterocycles. The third kappa shape index (κ3) is 2.67. The average molecular weight is 266 g/mol. The zero-order valence-electron chi connectivity index (χ0n) is 10.3. The molecule has 1 aromatic carbocycles. The Hall–Kier alpha value is -2.12. The van der Waals surface area contributed by atoms with Crippen molar-refractivity contribution < 1.29 is 24.2 Å². The van der Waals surface area contributed by atoms with Crippen molar-refractivity contribution in [1.82, 2.24) is 0 Å². The van der Waals surface area contributed by atoms with Gasteiger partial charge < -0.3 is 25.6 Å². The highest BCUT2D eigenvalue weighted by atomic mass is 16.5. The summed E-state index contributed by atoms with van der Waals surface area (Å²) in [6.45, 7) is 1.10. The van der Waals surface area contributed by atoms with Crippen LogP contribution in [0.2, 0.25) is 0 Å². The number of hydrogen-bond donors (Lipinski definition) is 3. The van der Waals surface area contributed by atoms with Crippen LogP contribution >= 0.6 is 0 Å². The van der Waals surface area contributed by atoms with Crippen LogP contribution in [0.3, 0.4) is 0 Å². The van der Waals surface area contributed by atoms with E-state index in [0.717, 1.165) is 0 Å². The Morgan fingerprint density at radius 3 is 3.00 bits per heavy atom. The summed E-state index contributed by atoms with van der Waals surface area (Å²) < 4.78 is 10.3. The Labute approximate surface area is 109 Å². The number of amides is 1. The fourth-order valence-corrected chi connectivity index (χ4v) is 1.80. The molecule has 0 aliphatic carbocycles. The number of rotatable bonds is 3. The molecule has 1 aliphatic heterocycles. The van der Waals surface area contributed by atoms with Gasteiger partial charge in [0.2, 0.25) is 0 Å². The number of nitrogens with two attached hydrogens (primary N) is 1. The first-order valence-electron chi connectivity index (χ1n) is 5.69. The number of aliphatic hydroxyl groups is 1. The van der Waals surface area contributed by atoms with Crippen molar-refractivity contribution in [3.63, 3.8) is 0 Å². The van der Waals surface area contributed by atoms with E-state index < -0.39 is 12.1 Å². The SMILES string of the molecule is CC(=O)Oc1ccc([C@H](O)CN)c2c1NC(=O)CO2. The van der Waals surface area contributed by atoms with Crippen LogP contribution in [0.15, 0.2) is 12.1 Å². The van der Waals surface area contributed by atoms with Crippen molar-refractivity contribution in [3.05, 3.63) is 17.7 Å². The number of nitrogens with one attached hydrogen (secondary N) is 1. The van der Waals surface area contributed by atoms with Crippen molar-refractivity contribution >= 4 is 17.6 Å². The molecule has 1 aliphatic rings. The molecular formula is C12H14N2O5. The lowest BCUT2D eigenvalue weighted by atomic mass is 10.1. The summed E-state index contributed by atoms with van der Waals surface area (Å²) in [5.74, 6) is -0.436. The van der Waals surface area contributed by atoms with Gasteiger partial charge in [-0.15, -0.1) is 0 Å². The number of hydrogen-bond acceptors (Lipinski definition) is 6.